The lowest BCUT2D eigenvalue weighted by Crippen LogP contribution is -2.27. The molecule has 0 saturated heterocycles. The standard InChI is InChI=1S/C25H26BrN3O2S/c1-25(2,3)16-10-11-17-20(13-16)32-24(29-22(30)15-7-6-12-27-14-15)21(17)23(31)28-19-9-5-4-8-18(19)26/h4-9,12,14,16H,10-11,13H2,1-3H3,(H,28,31)(H,29,30). The van der Waals surface area contributed by atoms with Gasteiger partial charge in [0.1, 0.15) is 5.00 Å². The highest BCUT2D eigenvalue weighted by Gasteiger charge is 2.34. The van der Waals surface area contributed by atoms with Crippen molar-refractivity contribution in [2.45, 2.75) is 40.0 Å². The number of aromatic nitrogens is 1. The van der Waals surface area contributed by atoms with E-state index in [1.54, 1.807) is 18.3 Å². The van der Waals surface area contributed by atoms with E-state index in [0.29, 0.717) is 27.7 Å². The molecular formula is C25H26BrN3O2S. The number of thiophene rings is 1. The maximum absolute atomic E-state index is 13.4. The van der Waals surface area contributed by atoms with Crippen LogP contribution in [0, 0.1) is 11.3 Å². The summed E-state index contributed by atoms with van der Waals surface area (Å²) < 4.78 is 0.811. The summed E-state index contributed by atoms with van der Waals surface area (Å²) in [4.78, 5) is 31.5. The maximum atomic E-state index is 13.4. The van der Waals surface area contributed by atoms with Crippen LogP contribution in [-0.4, -0.2) is 16.8 Å². The molecule has 2 amide bonds. The van der Waals surface area contributed by atoms with E-state index in [2.05, 4.69) is 52.3 Å². The number of carbonyl (C=O) groups excluding carboxylic acids is 2. The molecule has 7 heteroatoms. The van der Waals surface area contributed by atoms with Crippen LogP contribution < -0.4 is 10.6 Å². The van der Waals surface area contributed by atoms with Gasteiger partial charge in [-0.15, -0.1) is 11.3 Å². The topological polar surface area (TPSA) is 71.1 Å². The van der Waals surface area contributed by atoms with Gasteiger partial charge in [0.2, 0.25) is 0 Å². The minimum Gasteiger partial charge on any atom is -0.321 e. The van der Waals surface area contributed by atoms with E-state index < -0.39 is 0 Å². The average Bonchev–Trinajstić information content (AvgIpc) is 3.12. The fourth-order valence-electron chi connectivity index (χ4n) is 4.07. The Labute approximate surface area is 200 Å². The van der Waals surface area contributed by atoms with Gasteiger partial charge in [0, 0.05) is 21.7 Å². The third-order valence-corrected chi connectivity index (χ3v) is 7.85. The molecule has 166 valence electrons. The van der Waals surface area contributed by atoms with Crippen molar-refractivity contribution in [2.75, 3.05) is 10.6 Å². The number of hydrogen-bond acceptors (Lipinski definition) is 4. The lowest BCUT2D eigenvalue weighted by molar-refractivity contribution is 0.102. The molecule has 1 atom stereocenters. The number of anilines is 2. The van der Waals surface area contributed by atoms with E-state index in [9.17, 15) is 9.59 Å². The number of nitrogens with one attached hydrogen (secondary N) is 2. The fraction of sp³-hybridized carbons (Fsp3) is 0.320. The summed E-state index contributed by atoms with van der Waals surface area (Å²) in [5.41, 5.74) is 2.99. The molecule has 1 unspecified atom stereocenters. The Morgan fingerprint density at radius 3 is 2.56 bits per heavy atom. The van der Waals surface area contributed by atoms with Gasteiger partial charge in [-0.25, -0.2) is 0 Å². The van der Waals surface area contributed by atoms with E-state index in [1.807, 2.05) is 24.3 Å². The fourth-order valence-corrected chi connectivity index (χ4v) is 5.78. The number of benzene rings is 1. The largest absolute Gasteiger partial charge is 0.321 e. The molecule has 0 fully saturated rings. The highest BCUT2D eigenvalue weighted by molar-refractivity contribution is 9.10. The average molecular weight is 512 g/mol. The van der Waals surface area contributed by atoms with Gasteiger partial charge in [0.15, 0.2) is 0 Å². The van der Waals surface area contributed by atoms with Crippen molar-refractivity contribution in [3.05, 3.63) is 74.8 Å². The van der Waals surface area contributed by atoms with Gasteiger partial charge in [-0.3, -0.25) is 14.6 Å². The summed E-state index contributed by atoms with van der Waals surface area (Å²) >= 11 is 5.02. The number of halogens is 1. The number of amides is 2. The van der Waals surface area contributed by atoms with Crippen LogP contribution in [0.3, 0.4) is 0 Å². The lowest BCUT2D eigenvalue weighted by atomic mass is 9.72. The Morgan fingerprint density at radius 2 is 1.88 bits per heavy atom. The van der Waals surface area contributed by atoms with Gasteiger partial charge in [-0.05, 0) is 76.4 Å². The van der Waals surface area contributed by atoms with Gasteiger partial charge in [0.05, 0.1) is 16.8 Å². The predicted octanol–water partition coefficient (Wildman–Crippen LogP) is 6.56. The number of fused-ring (bicyclic) bond motifs is 1. The zero-order valence-corrected chi connectivity index (χ0v) is 20.8. The van der Waals surface area contributed by atoms with Crippen molar-refractivity contribution in [1.82, 2.24) is 4.98 Å². The van der Waals surface area contributed by atoms with Crippen molar-refractivity contribution in [3.8, 4) is 0 Å². The van der Waals surface area contributed by atoms with Gasteiger partial charge in [-0.1, -0.05) is 32.9 Å². The van der Waals surface area contributed by atoms with Gasteiger partial charge < -0.3 is 10.6 Å². The first-order chi connectivity index (χ1) is 15.2. The molecule has 2 N–H and O–H groups in total. The lowest BCUT2D eigenvalue weighted by Gasteiger charge is -2.33. The van der Waals surface area contributed by atoms with E-state index in [0.717, 1.165) is 29.3 Å². The first-order valence-electron chi connectivity index (χ1n) is 10.7. The van der Waals surface area contributed by atoms with Crippen molar-refractivity contribution in [1.29, 1.82) is 0 Å². The van der Waals surface area contributed by atoms with Gasteiger partial charge >= 0.3 is 0 Å². The molecule has 0 saturated carbocycles. The first-order valence-corrected chi connectivity index (χ1v) is 12.3. The van der Waals surface area contributed by atoms with Crippen molar-refractivity contribution in [3.63, 3.8) is 0 Å². The summed E-state index contributed by atoms with van der Waals surface area (Å²) in [6.45, 7) is 6.80. The minimum absolute atomic E-state index is 0.193. The summed E-state index contributed by atoms with van der Waals surface area (Å²) in [6.07, 6.45) is 5.93. The van der Waals surface area contributed by atoms with E-state index in [4.69, 9.17) is 0 Å². The van der Waals surface area contributed by atoms with E-state index in [-0.39, 0.29) is 17.2 Å². The second-order valence-corrected chi connectivity index (χ2v) is 11.1. The second-order valence-electron chi connectivity index (χ2n) is 9.14. The van der Waals surface area contributed by atoms with Crippen LogP contribution in [-0.2, 0) is 12.8 Å². The Balaban J connectivity index is 1.70. The molecule has 4 rings (SSSR count). The number of carbonyl (C=O) groups is 2. The number of rotatable bonds is 4. The molecule has 2 heterocycles. The van der Waals surface area contributed by atoms with Crippen molar-refractivity contribution >= 4 is 49.8 Å². The smallest absolute Gasteiger partial charge is 0.258 e. The number of hydrogen-bond donors (Lipinski definition) is 2. The minimum atomic E-state index is -0.265. The monoisotopic (exact) mass is 511 g/mol. The first kappa shape index (κ1) is 22.7. The second kappa shape index (κ2) is 9.16. The molecule has 32 heavy (non-hydrogen) atoms. The Hall–Kier alpha value is -2.51. The van der Waals surface area contributed by atoms with Crippen molar-refractivity contribution in [2.24, 2.45) is 11.3 Å². The highest BCUT2D eigenvalue weighted by atomic mass is 79.9. The molecule has 1 aliphatic carbocycles. The molecule has 1 aliphatic rings. The zero-order valence-electron chi connectivity index (χ0n) is 18.4. The Bertz CT molecular complexity index is 1150. The quantitative estimate of drug-likeness (QED) is 0.416. The van der Waals surface area contributed by atoms with Crippen LogP contribution in [0.4, 0.5) is 10.7 Å². The van der Waals surface area contributed by atoms with Crippen LogP contribution in [0.25, 0.3) is 0 Å². The van der Waals surface area contributed by atoms with E-state index in [1.165, 1.54) is 22.4 Å². The maximum Gasteiger partial charge on any atom is 0.258 e. The summed E-state index contributed by atoms with van der Waals surface area (Å²) in [6, 6.07) is 11.0. The number of pyridine rings is 1. The highest BCUT2D eigenvalue weighted by Crippen LogP contribution is 2.44. The van der Waals surface area contributed by atoms with Crippen molar-refractivity contribution < 1.29 is 9.59 Å². The normalized spacial score (nSPS) is 15.7. The van der Waals surface area contributed by atoms with Crippen LogP contribution in [0.5, 0.6) is 0 Å². The zero-order chi connectivity index (χ0) is 22.9. The third kappa shape index (κ3) is 4.79. The Kier molecular flexibility index (Phi) is 6.49. The molecule has 0 radical (unpaired) electrons. The molecule has 0 bridgehead atoms. The third-order valence-electron chi connectivity index (χ3n) is 5.99. The number of nitrogens with zero attached hydrogens (tertiary/aromatic N) is 1. The summed E-state index contributed by atoms with van der Waals surface area (Å²) in [5, 5.41) is 6.60. The molecular weight excluding hydrogens is 486 g/mol. The molecule has 1 aromatic carbocycles. The number of para-hydroxylation sites is 1. The van der Waals surface area contributed by atoms with Gasteiger partial charge in [0.25, 0.3) is 11.8 Å². The molecule has 2 aromatic heterocycles. The molecule has 0 aliphatic heterocycles. The summed E-state index contributed by atoms with van der Waals surface area (Å²) in [5.74, 6) is 0.0683. The predicted molar refractivity (Wildman–Crippen MR) is 134 cm³/mol. The van der Waals surface area contributed by atoms with Crippen LogP contribution in [0.15, 0.2) is 53.3 Å². The van der Waals surface area contributed by atoms with Crippen LogP contribution in [0.1, 0.15) is 58.3 Å². The molecule has 3 aromatic rings. The van der Waals surface area contributed by atoms with Crippen LogP contribution in [0.2, 0.25) is 0 Å². The summed E-state index contributed by atoms with van der Waals surface area (Å²) in [7, 11) is 0. The van der Waals surface area contributed by atoms with Crippen LogP contribution >= 0.6 is 27.3 Å². The molecule has 0 spiro atoms. The van der Waals surface area contributed by atoms with Gasteiger partial charge in [-0.2, -0.15) is 0 Å². The van der Waals surface area contributed by atoms with E-state index >= 15 is 0 Å². The molecule has 5 nitrogen and oxygen atoms in total. The SMILES string of the molecule is CC(C)(C)C1CCc2c(sc(NC(=O)c3cccnc3)c2C(=O)Nc2ccccc2Br)C1. The Morgan fingerprint density at radius 1 is 1.09 bits per heavy atom.